The van der Waals surface area contributed by atoms with Crippen molar-refractivity contribution in [1.82, 2.24) is 20.4 Å². The molecule has 6 nitrogen and oxygen atoms in total. The van der Waals surface area contributed by atoms with Crippen LogP contribution in [0.2, 0.25) is 0 Å². The first-order valence-electron chi connectivity index (χ1n) is 7.77. The Morgan fingerprint density at radius 2 is 2.12 bits per heavy atom. The van der Waals surface area contributed by atoms with Gasteiger partial charge in [-0.1, -0.05) is 12.1 Å². The van der Waals surface area contributed by atoms with E-state index >= 15 is 0 Å². The van der Waals surface area contributed by atoms with Gasteiger partial charge in [0, 0.05) is 38.8 Å². The molecular weight excluding hydrogens is 328 g/mol. The van der Waals surface area contributed by atoms with Crippen LogP contribution in [-0.2, 0) is 18.4 Å². The Labute approximate surface area is 148 Å². The molecule has 1 fully saturated rings. The minimum absolute atomic E-state index is 0. The maximum absolute atomic E-state index is 12.5. The number of aromatic nitrogens is 2. The zero-order valence-electron chi connectivity index (χ0n) is 13.9. The molecule has 1 aromatic carbocycles. The molecule has 1 aromatic heterocycles. The van der Waals surface area contributed by atoms with Crippen molar-refractivity contribution in [3.05, 3.63) is 47.8 Å². The topological polar surface area (TPSA) is 68.2 Å². The van der Waals surface area contributed by atoms with Gasteiger partial charge in [0.15, 0.2) is 0 Å². The maximum atomic E-state index is 12.5. The third kappa shape index (κ3) is 4.07. The lowest BCUT2D eigenvalue weighted by molar-refractivity contribution is -0.125. The Balaban J connectivity index is 0.00000208. The van der Waals surface area contributed by atoms with Crippen molar-refractivity contribution < 1.29 is 9.53 Å². The number of aryl methyl sites for hydroxylation is 1. The molecule has 0 unspecified atom stereocenters. The van der Waals surface area contributed by atoms with E-state index < -0.39 is 0 Å². The molecule has 0 spiro atoms. The Hall–Kier alpha value is -2.05. The molecule has 1 aliphatic rings. The zero-order chi connectivity index (χ0) is 16.2. The van der Waals surface area contributed by atoms with Crippen LogP contribution in [0.25, 0.3) is 0 Å². The van der Waals surface area contributed by atoms with Crippen LogP contribution in [0.4, 0.5) is 0 Å². The van der Waals surface area contributed by atoms with E-state index in [4.69, 9.17) is 4.74 Å². The summed E-state index contributed by atoms with van der Waals surface area (Å²) in [6.45, 7) is 2.04. The van der Waals surface area contributed by atoms with Gasteiger partial charge >= 0.3 is 0 Å². The number of hydrogen-bond acceptors (Lipinski definition) is 4. The van der Waals surface area contributed by atoms with Crippen molar-refractivity contribution in [2.75, 3.05) is 20.2 Å². The fourth-order valence-corrected chi connectivity index (χ4v) is 3.00. The van der Waals surface area contributed by atoms with Gasteiger partial charge in [0.2, 0.25) is 5.91 Å². The first-order chi connectivity index (χ1) is 11.2. The molecule has 2 atom stereocenters. The lowest BCUT2D eigenvalue weighted by Crippen LogP contribution is -2.33. The Morgan fingerprint density at radius 1 is 1.38 bits per heavy atom. The largest absolute Gasteiger partial charge is 0.497 e. The number of hydrogen-bond donors (Lipinski definition) is 2. The van der Waals surface area contributed by atoms with Crippen LogP contribution in [0.3, 0.4) is 0 Å². The summed E-state index contributed by atoms with van der Waals surface area (Å²) in [7, 11) is 3.53. The zero-order valence-corrected chi connectivity index (χ0v) is 14.7. The SMILES string of the molecule is COc1ccc(CNC(=O)[C@H]2CNC[C@@H]2c2cnn(C)c2)cc1.Cl. The van der Waals surface area contributed by atoms with Crippen molar-refractivity contribution in [2.45, 2.75) is 12.5 Å². The van der Waals surface area contributed by atoms with E-state index in [1.165, 1.54) is 0 Å². The van der Waals surface area contributed by atoms with E-state index in [0.717, 1.165) is 23.4 Å². The van der Waals surface area contributed by atoms with Crippen LogP contribution in [0, 0.1) is 5.92 Å². The van der Waals surface area contributed by atoms with E-state index in [-0.39, 0.29) is 30.2 Å². The summed E-state index contributed by atoms with van der Waals surface area (Å²) in [5.74, 6) is 1.02. The number of nitrogens with zero attached hydrogens (tertiary/aromatic N) is 2. The number of benzene rings is 1. The van der Waals surface area contributed by atoms with E-state index in [1.807, 2.05) is 43.7 Å². The van der Waals surface area contributed by atoms with E-state index in [0.29, 0.717) is 13.1 Å². The molecule has 0 bridgehead atoms. The molecule has 0 aliphatic carbocycles. The van der Waals surface area contributed by atoms with Gasteiger partial charge in [-0.25, -0.2) is 0 Å². The highest BCUT2D eigenvalue weighted by Crippen LogP contribution is 2.28. The fourth-order valence-electron chi connectivity index (χ4n) is 3.00. The highest BCUT2D eigenvalue weighted by atomic mass is 35.5. The van der Waals surface area contributed by atoms with Crippen LogP contribution in [-0.4, -0.2) is 35.9 Å². The van der Waals surface area contributed by atoms with Crippen LogP contribution in [0.5, 0.6) is 5.75 Å². The molecular formula is C17H23ClN4O2. The van der Waals surface area contributed by atoms with Gasteiger partial charge in [0.25, 0.3) is 0 Å². The monoisotopic (exact) mass is 350 g/mol. The highest BCUT2D eigenvalue weighted by molar-refractivity contribution is 5.85. The summed E-state index contributed by atoms with van der Waals surface area (Å²) in [5, 5.41) is 10.6. The molecule has 1 saturated heterocycles. The average Bonchev–Trinajstić information content (AvgIpc) is 3.21. The molecule has 1 aliphatic heterocycles. The van der Waals surface area contributed by atoms with Crippen molar-refractivity contribution in [3.8, 4) is 5.75 Å². The van der Waals surface area contributed by atoms with Gasteiger partial charge in [0.1, 0.15) is 5.75 Å². The predicted octanol–water partition coefficient (Wildman–Crippen LogP) is 1.47. The highest BCUT2D eigenvalue weighted by Gasteiger charge is 2.34. The smallest absolute Gasteiger partial charge is 0.225 e. The quantitative estimate of drug-likeness (QED) is 0.857. The first-order valence-corrected chi connectivity index (χ1v) is 7.77. The number of carbonyl (C=O) groups is 1. The second-order valence-electron chi connectivity index (χ2n) is 5.88. The third-order valence-electron chi connectivity index (χ3n) is 4.33. The van der Waals surface area contributed by atoms with Crippen molar-refractivity contribution in [1.29, 1.82) is 0 Å². The minimum atomic E-state index is -0.0579. The summed E-state index contributed by atoms with van der Waals surface area (Å²) in [6.07, 6.45) is 3.84. The average molecular weight is 351 g/mol. The third-order valence-corrected chi connectivity index (χ3v) is 4.33. The number of amides is 1. The van der Waals surface area contributed by atoms with E-state index in [1.54, 1.807) is 11.8 Å². The molecule has 1 amide bonds. The van der Waals surface area contributed by atoms with Crippen LogP contribution in [0.1, 0.15) is 17.0 Å². The molecule has 0 saturated carbocycles. The van der Waals surface area contributed by atoms with Crippen LogP contribution in [0.15, 0.2) is 36.7 Å². The summed E-state index contributed by atoms with van der Waals surface area (Å²) in [5.41, 5.74) is 2.17. The molecule has 24 heavy (non-hydrogen) atoms. The molecule has 2 heterocycles. The van der Waals surface area contributed by atoms with Crippen molar-refractivity contribution in [3.63, 3.8) is 0 Å². The van der Waals surface area contributed by atoms with E-state index in [9.17, 15) is 4.79 Å². The molecule has 130 valence electrons. The van der Waals surface area contributed by atoms with Gasteiger partial charge < -0.3 is 15.4 Å². The molecule has 2 aromatic rings. The van der Waals surface area contributed by atoms with Gasteiger partial charge in [0.05, 0.1) is 19.2 Å². The predicted molar refractivity (Wildman–Crippen MR) is 94.4 cm³/mol. The standard InChI is InChI=1S/C17H22N4O2.ClH/c1-21-11-13(8-20-21)15-9-18-10-16(15)17(22)19-7-12-3-5-14(23-2)6-4-12;/h3-6,8,11,15-16,18H,7,9-10H2,1-2H3,(H,19,22);1H/t15-,16+;/m1./s1. The molecule has 7 heteroatoms. The normalized spacial score (nSPS) is 19.6. The first kappa shape index (κ1) is 18.3. The number of ether oxygens (including phenoxy) is 1. The minimum Gasteiger partial charge on any atom is -0.497 e. The summed E-state index contributed by atoms with van der Waals surface area (Å²) < 4.78 is 6.92. The Kier molecular flexibility index (Phi) is 6.23. The number of methoxy groups -OCH3 is 1. The Morgan fingerprint density at radius 3 is 2.75 bits per heavy atom. The van der Waals surface area contributed by atoms with Gasteiger partial charge in [-0.15, -0.1) is 12.4 Å². The van der Waals surface area contributed by atoms with E-state index in [2.05, 4.69) is 15.7 Å². The van der Waals surface area contributed by atoms with Crippen LogP contribution < -0.4 is 15.4 Å². The van der Waals surface area contributed by atoms with Crippen molar-refractivity contribution in [2.24, 2.45) is 13.0 Å². The lowest BCUT2D eigenvalue weighted by Gasteiger charge is -2.17. The van der Waals surface area contributed by atoms with Crippen molar-refractivity contribution >= 4 is 18.3 Å². The summed E-state index contributed by atoms with van der Waals surface area (Å²) in [6, 6.07) is 7.73. The van der Waals surface area contributed by atoms with Gasteiger partial charge in [-0.3, -0.25) is 9.48 Å². The number of nitrogens with one attached hydrogen (secondary N) is 2. The summed E-state index contributed by atoms with van der Waals surface area (Å²) >= 11 is 0. The van der Waals surface area contributed by atoms with Gasteiger partial charge in [-0.2, -0.15) is 5.10 Å². The second kappa shape index (κ2) is 8.17. The second-order valence-corrected chi connectivity index (χ2v) is 5.88. The number of rotatable bonds is 5. The molecule has 0 radical (unpaired) electrons. The van der Waals surface area contributed by atoms with Crippen LogP contribution >= 0.6 is 12.4 Å². The lowest BCUT2D eigenvalue weighted by atomic mass is 9.90. The molecule has 3 rings (SSSR count). The number of carbonyl (C=O) groups excluding carboxylic acids is 1. The maximum Gasteiger partial charge on any atom is 0.225 e. The Bertz CT molecular complexity index is 671. The number of halogens is 1. The van der Waals surface area contributed by atoms with Gasteiger partial charge in [-0.05, 0) is 23.3 Å². The summed E-state index contributed by atoms with van der Waals surface area (Å²) in [4.78, 5) is 12.5. The molecule has 2 N–H and O–H groups in total. The fraction of sp³-hybridized carbons (Fsp3) is 0.412.